The molecule has 2 bridgehead atoms. The van der Waals surface area contributed by atoms with E-state index in [-0.39, 0.29) is 24.3 Å². The van der Waals surface area contributed by atoms with E-state index in [4.69, 9.17) is 4.74 Å². The zero-order valence-electron chi connectivity index (χ0n) is 19.7. The van der Waals surface area contributed by atoms with E-state index in [1.807, 2.05) is 25.1 Å². The summed E-state index contributed by atoms with van der Waals surface area (Å²) in [5.41, 5.74) is -1.24. The lowest BCUT2D eigenvalue weighted by atomic mass is 9.66. The van der Waals surface area contributed by atoms with E-state index in [0.29, 0.717) is 25.1 Å². The van der Waals surface area contributed by atoms with Crippen molar-refractivity contribution in [3.8, 4) is 0 Å². The lowest BCUT2D eigenvalue weighted by Crippen LogP contribution is -2.57. The molecule has 8 heteroatoms. The van der Waals surface area contributed by atoms with Crippen LogP contribution < -0.4 is 10.6 Å². The Morgan fingerprint density at radius 3 is 2.61 bits per heavy atom. The Morgan fingerprint density at radius 1 is 1.21 bits per heavy atom. The molecule has 4 rings (SSSR count). The van der Waals surface area contributed by atoms with Gasteiger partial charge >= 0.3 is 0 Å². The molecular weight excluding hydrogens is 422 g/mol. The Balaban J connectivity index is 1.66. The van der Waals surface area contributed by atoms with Crippen LogP contribution in [-0.4, -0.2) is 64.2 Å². The van der Waals surface area contributed by atoms with Crippen LogP contribution in [0.4, 0.5) is 5.69 Å². The van der Waals surface area contributed by atoms with Gasteiger partial charge < -0.3 is 25.4 Å². The third-order valence-corrected chi connectivity index (χ3v) is 7.61. The van der Waals surface area contributed by atoms with E-state index in [9.17, 15) is 19.5 Å². The van der Waals surface area contributed by atoms with Crippen LogP contribution in [0, 0.1) is 11.8 Å². The Kier molecular flexibility index (Phi) is 6.51. The quantitative estimate of drug-likeness (QED) is 0.492. The van der Waals surface area contributed by atoms with Crippen LogP contribution in [0.25, 0.3) is 0 Å². The first kappa shape index (κ1) is 23.7. The van der Waals surface area contributed by atoms with Crippen LogP contribution >= 0.6 is 0 Å². The van der Waals surface area contributed by atoms with E-state index >= 15 is 0 Å². The van der Waals surface area contributed by atoms with Crippen molar-refractivity contribution in [2.75, 3.05) is 18.5 Å². The molecule has 3 fully saturated rings. The largest absolute Gasteiger partial charge is 0.394 e. The number of rotatable bonds is 9. The lowest BCUT2D eigenvalue weighted by molar-refractivity contribution is -0.148. The van der Waals surface area contributed by atoms with Crippen molar-refractivity contribution in [3.05, 3.63) is 30.3 Å². The van der Waals surface area contributed by atoms with Crippen molar-refractivity contribution in [2.45, 2.75) is 76.2 Å². The second kappa shape index (κ2) is 9.06. The predicted molar refractivity (Wildman–Crippen MR) is 123 cm³/mol. The highest BCUT2D eigenvalue weighted by Gasteiger charge is 2.78. The van der Waals surface area contributed by atoms with Crippen molar-refractivity contribution in [1.82, 2.24) is 10.2 Å². The van der Waals surface area contributed by atoms with Gasteiger partial charge in [0.05, 0.1) is 30.1 Å². The van der Waals surface area contributed by atoms with E-state index in [1.165, 1.54) is 4.90 Å². The van der Waals surface area contributed by atoms with Crippen LogP contribution in [0.15, 0.2) is 30.3 Å². The van der Waals surface area contributed by atoms with Crippen molar-refractivity contribution < 1.29 is 24.2 Å². The maximum atomic E-state index is 13.7. The summed E-state index contributed by atoms with van der Waals surface area (Å²) in [6, 6.07) is 7.71. The molecule has 3 aliphatic heterocycles. The van der Waals surface area contributed by atoms with Gasteiger partial charge in [-0.25, -0.2) is 0 Å². The molecule has 6 atom stereocenters. The molecule has 0 saturated carbocycles. The Hall–Kier alpha value is -2.45. The normalized spacial score (nSPS) is 33.2. The molecule has 8 nitrogen and oxygen atoms in total. The van der Waals surface area contributed by atoms with Crippen molar-refractivity contribution in [1.29, 1.82) is 0 Å². The minimum atomic E-state index is -1.07. The molecule has 0 radical (unpaired) electrons. The SMILES string of the molecule is CCCCCNC(=O)C1N([C@H](C)CO)C(=O)[C@@H]2[C@H](C(=O)Nc3ccccc3)[C@]3(C)CCC12O3. The van der Waals surface area contributed by atoms with E-state index in [0.717, 1.165) is 19.3 Å². The first-order chi connectivity index (χ1) is 15.8. The second-order valence-electron chi connectivity index (χ2n) is 9.86. The summed E-state index contributed by atoms with van der Waals surface area (Å²) in [7, 11) is 0. The average Bonchev–Trinajstić information content (AvgIpc) is 3.37. The number of carbonyl (C=O) groups excluding carboxylic acids is 3. The monoisotopic (exact) mass is 457 g/mol. The molecule has 180 valence electrons. The second-order valence-corrected chi connectivity index (χ2v) is 9.86. The number of amides is 3. The molecule has 0 aliphatic carbocycles. The number of unbranched alkanes of at least 4 members (excludes halogenated alkanes) is 2. The molecule has 1 aromatic carbocycles. The van der Waals surface area contributed by atoms with Gasteiger partial charge in [-0.15, -0.1) is 0 Å². The number of benzene rings is 1. The highest BCUT2D eigenvalue weighted by atomic mass is 16.5. The first-order valence-electron chi connectivity index (χ1n) is 12.1. The number of para-hydroxylation sites is 1. The summed E-state index contributed by atoms with van der Waals surface area (Å²) in [5.74, 6) is -2.31. The Bertz CT molecular complexity index is 909. The standard InChI is InChI=1S/C25H35N3O5/c1-4-5-9-14-26-22(31)20-25-13-12-24(3,33-25)18(19(25)23(32)28(20)16(2)15-29)21(30)27-17-10-7-6-8-11-17/h6-8,10-11,16,18-20,29H,4-5,9,12-15H2,1-3H3,(H,26,31)(H,27,30)/t16-,18-,19+,20?,24+,25?/m1/s1. The van der Waals surface area contributed by atoms with Crippen LogP contribution in [0.3, 0.4) is 0 Å². The molecule has 1 aromatic rings. The van der Waals surface area contributed by atoms with E-state index in [1.54, 1.807) is 19.1 Å². The summed E-state index contributed by atoms with van der Waals surface area (Å²) in [6.07, 6.45) is 4.01. The van der Waals surface area contributed by atoms with Crippen LogP contribution in [0.1, 0.15) is 52.9 Å². The van der Waals surface area contributed by atoms with Gasteiger partial charge in [0.1, 0.15) is 11.6 Å². The number of likely N-dealkylation sites (tertiary alicyclic amines) is 1. The predicted octanol–water partition coefficient (Wildman–Crippen LogP) is 2.08. The number of ether oxygens (including phenoxy) is 1. The van der Waals surface area contributed by atoms with Gasteiger partial charge in [0, 0.05) is 12.2 Å². The summed E-state index contributed by atoms with van der Waals surface area (Å²) >= 11 is 0. The number of carbonyl (C=O) groups is 3. The molecule has 1 spiro atoms. The van der Waals surface area contributed by atoms with E-state index in [2.05, 4.69) is 17.6 Å². The number of nitrogens with zero attached hydrogens (tertiary/aromatic N) is 1. The average molecular weight is 458 g/mol. The maximum absolute atomic E-state index is 13.7. The van der Waals surface area contributed by atoms with Gasteiger partial charge in [-0.2, -0.15) is 0 Å². The molecule has 3 N–H and O–H groups in total. The molecular formula is C25H35N3O5. The minimum Gasteiger partial charge on any atom is -0.394 e. The molecule has 0 aromatic heterocycles. The molecule has 3 saturated heterocycles. The van der Waals surface area contributed by atoms with Gasteiger partial charge in [-0.1, -0.05) is 38.0 Å². The van der Waals surface area contributed by atoms with Crippen LogP contribution in [-0.2, 0) is 19.1 Å². The topological polar surface area (TPSA) is 108 Å². The van der Waals surface area contributed by atoms with Crippen LogP contribution in [0.2, 0.25) is 0 Å². The highest BCUT2D eigenvalue weighted by molar-refractivity contribution is 6.02. The number of aliphatic hydroxyl groups is 1. The van der Waals surface area contributed by atoms with Gasteiger partial charge in [0.25, 0.3) is 0 Å². The summed E-state index contributed by atoms with van der Waals surface area (Å²) in [6.45, 7) is 5.94. The van der Waals surface area contributed by atoms with Crippen molar-refractivity contribution >= 4 is 23.4 Å². The molecule has 33 heavy (non-hydrogen) atoms. The third-order valence-electron chi connectivity index (χ3n) is 7.61. The van der Waals surface area contributed by atoms with Crippen molar-refractivity contribution in [3.63, 3.8) is 0 Å². The zero-order chi connectivity index (χ0) is 23.8. The van der Waals surface area contributed by atoms with E-state index < -0.39 is 35.1 Å². The fourth-order valence-corrected chi connectivity index (χ4v) is 6.05. The lowest BCUT2D eigenvalue weighted by Gasteiger charge is -2.35. The fourth-order valence-electron chi connectivity index (χ4n) is 6.05. The zero-order valence-corrected chi connectivity index (χ0v) is 19.7. The van der Waals surface area contributed by atoms with Gasteiger partial charge in [-0.3, -0.25) is 14.4 Å². The number of hydrogen-bond donors (Lipinski definition) is 3. The number of anilines is 1. The number of fused-ring (bicyclic) bond motifs is 1. The van der Waals surface area contributed by atoms with Crippen molar-refractivity contribution in [2.24, 2.45) is 11.8 Å². The number of nitrogens with one attached hydrogen (secondary N) is 2. The van der Waals surface area contributed by atoms with Gasteiger partial charge in [-0.05, 0) is 45.2 Å². The molecule has 3 heterocycles. The summed E-state index contributed by atoms with van der Waals surface area (Å²) in [5, 5.41) is 15.8. The third kappa shape index (κ3) is 3.83. The fraction of sp³-hybridized carbons (Fsp3) is 0.640. The Labute approximate surface area is 195 Å². The summed E-state index contributed by atoms with van der Waals surface area (Å²) in [4.78, 5) is 42.1. The smallest absolute Gasteiger partial charge is 0.245 e. The molecule has 3 amide bonds. The summed E-state index contributed by atoms with van der Waals surface area (Å²) < 4.78 is 6.53. The molecule has 2 unspecified atom stereocenters. The molecule has 3 aliphatic rings. The maximum Gasteiger partial charge on any atom is 0.245 e. The number of hydrogen-bond acceptors (Lipinski definition) is 5. The highest BCUT2D eigenvalue weighted by Crippen LogP contribution is 2.63. The number of aliphatic hydroxyl groups excluding tert-OH is 1. The minimum absolute atomic E-state index is 0.268. The van der Waals surface area contributed by atoms with Crippen LogP contribution in [0.5, 0.6) is 0 Å². The Morgan fingerprint density at radius 2 is 1.94 bits per heavy atom. The first-order valence-corrected chi connectivity index (χ1v) is 12.1. The van der Waals surface area contributed by atoms with Gasteiger partial charge in [0.2, 0.25) is 17.7 Å². The van der Waals surface area contributed by atoms with Gasteiger partial charge in [0.15, 0.2) is 0 Å².